The lowest BCUT2D eigenvalue weighted by Gasteiger charge is -2.10. The van der Waals surface area contributed by atoms with Crippen molar-refractivity contribution in [3.05, 3.63) is 384 Å². The molecule has 0 aliphatic rings. The van der Waals surface area contributed by atoms with Crippen LogP contribution in [0.25, 0.3) is 56.3 Å². The maximum Gasteiger partial charge on any atom is 0.323 e. The van der Waals surface area contributed by atoms with Crippen LogP contribution in [0.15, 0.2) is 344 Å². The second kappa shape index (κ2) is 46.3. The molecule has 1 unspecified atom stereocenters. The van der Waals surface area contributed by atoms with E-state index in [1.807, 2.05) is 91.0 Å². The molecule has 0 fully saturated rings. The number of carbonyl (C=O) groups is 1. The number of benzene rings is 12. The third-order valence-corrected chi connectivity index (χ3v) is 19.3. The van der Waals surface area contributed by atoms with Crippen LogP contribution in [0, 0.1) is 17.5 Å². The van der Waals surface area contributed by atoms with Crippen molar-refractivity contribution in [3.63, 3.8) is 0 Å². The predicted octanol–water partition coefficient (Wildman–Crippen LogP) is 24.8. The molecular weight excluding hydrogens is 1650 g/mol. The van der Waals surface area contributed by atoms with E-state index < -0.39 is 17.7 Å². The molecule has 129 heavy (non-hydrogen) atoms. The van der Waals surface area contributed by atoms with E-state index in [4.69, 9.17) is 51.4 Å². The summed E-state index contributed by atoms with van der Waals surface area (Å²) in [4.78, 5) is 11.6. The lowest BCUT2D eigenvalue weighted by Crippen LogP contribution is -2.19. The number of para-hydroxylation sites is 1. The highest BCUT2D eigenvalue weighted by molar-refractivity contribution is 5.99. The Labute approximate surface area is 741 Å². The second-order valence-electron chi connectivity index (χ2n) is 29.2. The molecule has 0 aliphatic heterocycles. The van der Waals surface area contributed by atoms with Crippen LogP contribution >= 0.6 is 0 Å². The average molecular weight is 1740 g/mol. The smallest absolute Gasteiger partial charge is 0.323 e. The zero-order chi connectivity index (χ0) is 90.8. The molecule has 8 N–H and O–H groups in total. The summed E-state index contributed by atoms with van der Waals surface area (Å²) in [6.07, 6.45) is 2.14. The van der Waals surface area contributed by atoms with E-state index in [9.17, 15) is 43.5 Å². The van der Waals surface area contributed by atoms with Gasteiger partial charge in [-0.15, -0.1) is 0 Å². The van der Waals surface area contributed by atoms with Crippen LogP contribution in [-0.4, -0.2) is 62.5 Å². The lowest BCUT2D eigenvalue weighted by molar-refractivity contribution is 0.240. The first-order valence-electron chi connectivity index (χ1n) is 40.9. The number of rotatable bonds is 26. The number of aromatic hydroxyl groups is 6. The molecule has 0 spiro atoms. The molecule has 27 heteroatoms. The molecule has 5 aromatic heterocycles. The molecule has 0 saturated carbocycles. The van der Waals surface area contributed by atoms with Gasteiger partial charge in [0.1, 0.15) is 131 Å². The Morgan fingerprint density at radius 2 is 0.612 bits per heavy atom. The van der Waals surface area contributed by atoms with Crippen LogP contribution in [0.3, 0.4) is 0 Å². The Kier molecular flexibility index (Phi) is 32.9. The predicted molar refractivity (Wildman–Crippen MR) is 481 cm³/mol. The Bertz CT molecular complexity index is 6190. The van der Waals surface area contributed by atoms with Crippen molar-refractivity contribution in [2.24, 2.45) is 0 Å². The third kappa shape index (κ3) is 29.1. The van der Waals surface area contributed by atoms with Crippen molar-refractivity contribution in [3.8, 4) is 120 Å². The number of halogens is 3. The number of anilines is 2. The monoisotopic (exact) mass is 1740 g/mol. The van der Waals surface area contributed by atoms with Crippen LogP contribution in [-0.2, 0) is 39.5 Å². The highest BCUT2D eigenvalue weighted by Crippen LogP contribution is 2.32. The standard InChI is InChI=1S/C20H21NO3.C19H19NO3.C18H17NO3.C16H11F2NO3.C16H13NO3.C13H11FN2O2/c1-3-14(2)15-6-10-18(11-7-15)23-13-19-12-20(21-24-19)16-4-8-17(22)9-5-16;1-13(2)14-5-9-17(10-6-14)22-12-18-11-19(20-23-18)15-3-7-16(21)8-4-15;1-2-13-3-9-16(10-4-13)21-12-17-11-18(19-22-17)14-5-7-15(20)8-6-14;17-11-3-6-16(14(18)7-11)21-9-13-8-15(19-22-13)10-1-4-12(20)5-2-10;18-13-8-6-12(7-9-13)16-10-15(20-17-16)11-19-14-4-2-1-3-5-14;14-9-1-3-10(4-2-9)15-13(18)16-11-5-7-12(17)8-6-11/h4-12,14,22H,3,13H2,1-2H3;3-11,13,21H,12H2,1-2H3;3-11,20H,2,12H2,1H3;1-8,20H,9H2;1-10,18H,11H2;1-8,17H,(H2,15,16,18). The summed E-state index contributed by atoms with van der Waals surface area (Å²) in [5.74, 6) is 6.59. The summed E-state index contributed by atoms with van der Waals surface area (Å²) in [7, 11) is 0. The van der Waals surface area contributed by atoms with Crippen molar-refractivity contribution < 1.29 is 94.9 Å². The number of carbonyl (C=O) groups excluding carboxylic acids is 1. The van der Waals surface area contributed by atoms with Crippen LogP contribution in [0.4, 0.5) is 29.3 Å². The SMILES string of the molecule is CC(C)c1ccc(OCc2cc(-c3ccc(O)cc3)no2)cc1.CCC(C)c1ccc(OCc2cc(-c3ccc(O)cc3)no2)cc1.CCc1ccc(OCc2cc(-c3ccc(O)cc3)no2)cc1.O=C(Nc1ccc(O)cc1)Nc1ccc(F)cc1.Oc1ccc(-c2cc(COc3ccc(F)cc3F)on2)cc1.Oc1ccc(-c2cc(COc3ccccc3)on2)cc1. The maximum absolute atomic E-state index is 13.4. The number of aromatic nitrogens is 5. The van der Waals surface area contributed by atoms with Crippen LogP contribution in [0.2, 0.25) is 0 Å². The van der Waals surface area contributed by atoms with Gasteiger partial charge in [-0.2, -0.15) is 0 Å². The van der Waals surface area contributed by atoms with Crippen molar-refractivity contribution >= 4 is 17.4 Å². The quantitative estimate of drug-likeness (QED) is 0.0233. The fourth-order valence-corrected chi connectivity index (χ4v) is 11.9. The summed E-state index contributed by atoms with van der Waals surface area (Å²) < 4.78 is 93.1. The van der Waals surface area contributed by atoms with Crippen LogP contribution < -0.4 is 34.3 Å². The fourth-order valence-electron chi connectivity index (χ4n) is 11.9. The highest BCUT2D eigenvalue weighted by atomic mass is 19.1. The van der Waals surface area contributed by atoms with E-state index in [2.05, 4.69) is 107 Å². The van der Waals surface area contributed by atoms with Gasteiger partial charge in [0.25, 0.3) is 0 Å². The molecular formula is C102H92F3N7O17. The van der Waals surface area contributed by atoms with Gasteiger partial charge in [0.2, 0.25) is 0 Å². The second-order valence-corrected chi connectivity index (χ2v) is 29.2. The minimum absolute atomic E-state index is 0.0341. The molecule has 5 heterocycles. The number of nitrogens with zero attached hydrogens (tertiary/aromatic N) is 5. The number of phenols is 6. The van der Waals surface area contributed by atoms with E-state index in [-0.39, 0.29) is 52.7 Å². The van der Waals surface area contributed by atoms with Gasteiger partial charge in [-0.05, 0) is 272 Å². The normalized spacial score (nSPS) is 10.8. The highest BCUT2D eigenvalue weighted by Gasteiger charge is 2.16. The largest absolute Gasteiger partial charge is 0.508 e. The Morgan fingerprint density at radius 3 is 0.922 bits per heavy atom. The zero-order valence-corrected chi connectivity index (χ0v) is 70.7. The molecule has 0 radical (unpaired) electrons. The summed E-state index contributed by atoms with van der Waals surface area (Å²) in [5.41, 5.74) is 12.7. The van der Waals surface area contributed by atoms with Gasteiger partial charge >= 0.3 is 6.03 Å². The molecule has 24 nitrogen and oxygen atoms in total. The lowest BCUT2D eigenvalue weighted by atomic mass is 9.99. The van der Waals surface area contributed by atoms with Gasteiger partial charge < -0.3 is 87.6 Å². The molecule has 0 saturated heterocycles. The number of urea groups is 1. The topological polar surface area (TPSA) is 339 Å². The summed E-state index contributed by atoms with van der Waals surface area (Å²) in [5, 5.41) is 80.6. The summed E-state index contributed by atoms with van der Waals surface area (Å²) in [6, 6.07) is 90.7. The molecule has 17 rings (SSSR count). The van der Waals surface area contributed by atoms with E-state index >= 15 is 0 Å². The Hall–Kier alpha value is -16.5. The number of ether oxygens (including phenoxy) is 5. The first-order chi connectivity index (χ1) is 62.6. The van der Waals surface area contributed by atoms with E-state index in [1.165, 1.54) is 71.3 Å². The zero-order valence-electron chi connectivity index (χ0n) is 70.7. The first kappa shape index (κ1) is 91.7. The molecule has 658 valence electrons. The van der Waals surface area contributed by atoms with Crippen molar-refractivity contribution in [2.45, 2.75) is 92.3 Å². The molecule has 17 aromatic rings. The van der Waals surface area contributed by atoms with Crippen LogP contribution in [0.1, 0.15) is 98.4 Å². The molecule has 2 amide bonds. The molecule has 12 aromatic carbocycles. The first-order valence-corrected chi connectivity index (χ1v) is 40.9. The van der Waals surface area contributed by atoms with Crippen molar-refractivity contribution in [1.29, 1.82) is 0 Å². The number of aryl methyl sites for hydroxylation is 1. The van der Waals surface area contributed by atoms with E-state index in [0.29, 0.717) is 84.1 Å². The molecule has 0 bridgehead atoms. The van der Waals surface area contributed by atoms with Gasteiger partial charge in [0.05, 0.1) is 0 Å². The summed E-state index contributed by atoms with van der Waals surface area (Å²) in [6.45, 7) is 12.1. The van der Waals surface area contributed by atoms with Gasteiger partial charge in [-0.1, -0.05) is 115 Å². The average Bonchev–Trinajstić information content (AvgIpc) is 1.73. The molecule has 1 atom stereocenters. The Balaban J connectivity index is 0.000000141. The number of hydrogen-bond acceptors (Lipinski definition) is 22. The molecule has 0 aliphatic carbocycles. The minimum atomic E-state index is -0.779. The van der Waals surface area contributed by atoms with Crippen LogP contribution in [0.5, 0.6) is 63.2 Å². The summed E-state index contributed by atoms with van der Waals surface area (Å²) >= 11 is 0. The number of phenolic OH excluding ortho intramolecular Hbond substituents is 6. The Morgan fingerprint density at radius 1 is 0.326 bits per heavy atom. The number of amides is 2. The van der Waals surface area contributed by atoms with E-state index in [0.717, 1.165) is 98.6 Å². The minimum Gasteiger partial charge on any atom is -0.508 e. The van der Waals surface area contributed by atoms with Gasteiger partial charge in [0.15, 0.2) is 40.4 Å². The third-order valence-electron chi connectivity index (χ3n) is 19.3. The van der Waals surface area contributed by atoms with Gasteiger partial charge in [-0.25, -0.2) is 18.0 Å². The van der Waals surface area contributed by atoms with Crippen molar-refractivity contribution in [2.75, 3.05) is 10.6 Å². The number of nitrogens with one attached hydrogen (secondary N) is 2. The van der Waals surface area contributed by atoms with Gasteiger partial charge in [-0.3, -0.25) is 0 Å². The fraction of sp³-hybridized carbons (Fsp3) is 0.137. The maximum atomic E-state index is 13.4. The van der Waals surface area contributed by atoms with E-state index in [1.54, 1.807) is 127 Å². The van der Waals surface area contributed by atoms with Crippen molar-refractivity contribution in [1.82, 2.24) is 25.8 Å². The number of hydrogen-bond donors (Lipinski definition) is 8. The van der Waals surface area contributed by atoms with Gasteiger partial charge in [0, 0.05) is 75.6 Å².